The van der Waals surface area contributed by atoms with Gasteiger partial charge in [-0.1, -0.05) is 70.9 Å². The van der Waals surface area contributed by atoms with Gasteiger partial charge in [0.1, 0.15) is 6.10 Å². The van der Waals surface area contributed by atoms with Crippen molar-refractivity contribution in [2.45, 2.75) is 83.7 Å². The molecule has 0 heterocycles. The molecule has 1 unspecified atom stereocenters. The zero-order chi connectivity index (χ0) is 14.3. The first-order chi connectivity index (χ1) is 9.20. The Morgan fingerprint density at radius 3 is 2.11 bits per heavy atom. The van der Waals surface area contributed by atoms with Crippen molar-refractivity contribution in [3.05, 3.63) is 0 Å². The number of carbonyl (C=O) groups excluding carboxylic acids is 1. The summed E-state index contributed by atoms with van der Waals surface area (Å²) >= 11 is 3.58. The highest BCUT2D eigenvalue weighted by Crippen LogP contribution is 2.14. The van der Waals surface area contributed by atoms with Crippen molar-refractivity contribution in [3.8, 4) is 6.07 Å². The Morgan fingerprint density at radius 1 is 1.11 bits per heavy atom. The fourth-order valence-electron chi connectivity index (χ4n) is 2.13. The topological polar surface area (TPSA) is 50.1 Å². The normalized spacial score (nSPS) is 11.8. The van der Waals surface area contributed by atoms with E-state index < -0.39 is 5.30 Å². The number of nitriles is 1. The predicted molar refractivity (Wildman–Crippen MR) is 81.3 cm³/mol. The monoisotopic (exact) mass is 285 g/mol. The quantitative estimate of drug-likeness (QED) is 0.302. The molecule has 19 heavy (non-hydrogen) atoms. The molecule has 0 saturated carbocycles. The average molecular weight is 285 g/mol. The third-order valence-electron chi connectivity index (χ3n) is 3.22. The van der Waals surface area contributed by atoms with Crippen molar-refractivity contribution in [2.24, 2.45) is 0 Å². The van der Waals surface area contributed by atoms with Gasteiger partial charge in [-0.15, -0.1) is 0 Å². The molecule has 0 fully saturated rings. The molecule has 4 heteroatoms. The van der Waals surface area contributed by atoms with Gasteiger partial charge < -0.3 is 4.74 Å². The lowest BCUT2D eigenvalue weighted by molar-refractivity contribution is 0.118. The van der Waals surface area contributed by atoms with Crippen molar-refractivity contribution in [3.63, 3.8) is 0 Å². The highest BCUT2D eigenvalue weighted by molar-refractivity contribution is 7.96. The van der Waals surface area contributed by atoms with E-state index in [0.29, 0.717) is 0 Å². The maximum absolute atomic E-state index is 10.7. The largest absolute Gasteiger partial charge is 0.453 e. The Labute approximate surface area is 123 Å². The minimum absolute atomic E-state index is 0.267. The van der Waals surface area contributed by atoms with Gasteiger partial charge in [0.05, 0.1) is 12.5 Å². The molecule has 110 valence electrons. The Hall–Kier alpha value is -0.690. The van der Waals surface area contributed by atoms with Crippen molar-refractivity contribution >= 4 is 17.9 Å². The maximum Gasteiger partial charge on any atom is 0.364 e. The third kappa shape index (κ3) is 13.5. The maximum atomic E-state index is 10.7. The average Bonchev–Trinajstić information content (AvgIpc) is 2.36. The van der Waals surface area contributed by atoms with Crippen LogP contribution in [0.3, 0.4) is 0 Å². The Morgan fingerprint density at radius 2 is 1.63 bits per heavy atom. The fourth-order valence-corrected chi connectivity index (χ4v) is 2.28. The van der Waals surface area contributed by atoms with Crippen LogP contribution in [0.5, 0.6) is 0 Å². The second-order valence-electron chi connectivity index (χ2n) is 4.99. The van der Waals surface area contributed by atoms with Crippen LogP contribution in [0.2, 0.25) is 0 Å². The predicted octanol–water partition coefficient (Wildman–Crippen LogP) is 5.26. The SMILES string of the molecule is CCCCCCCCCCCC(CC#N)OC(=O)S. The van der Waals surface area contributed by atoms with Crippen molar-refractivity contribution < 1.29 is 9.53 Å². The molecule has 0 rings (SSSR count). The zero-order valence-corrected chi connectivity index (χ0v) is 13.0. The zero-order valence-electron chi connectivity index (χ0n) is 12.1. The van der Waals surface area contributed by atoms with Crippen LogP contribution in [0.1, 0.15) is 77.6 Å². The lowest BCUT2D eigenvalue weighted by Crippen LogP contribution is -2.13. The standard InChI is InChI=1S/C15H27NO2S/c1-2-3-4-5-6-7-8-9-10-11-14(12-13-16)18-15(17)19/h14H,2-12H2,1H3,(H,17,19). The van der Waals surface area contributed by atoms with Crippen LogP contribution in [0.25, 0.3) is 0 Å². The number of rotatable bonds is 12. The summed E-state index contributed by atoms with van der Waals surface area (Å²) in [5.41, 5.74) is 0. The highest BCUT2D eigenvalue weighted by Gasteiger charge is 2.11. The first-order valence-electron chi connectivity index (χ1n) is 7.47. The number of hydrogen-bond donors (Lipinski definition) is 1. The van der Waals surface area contributed by atoms with Gasteiger partial charge in [-0.05, 0) is 12.8 Å². The summed E-state index contributed by atoms with van der Waals surface area (Å²) in [4.78, 5) is 10.7. The summed E-state index contributed by atoms with van der Waals surface area (Å²) in [5.74, 6) is 0. The number of thiol groups is 1. The van der Waals surface area contributed by atoms with Crippen LogP contribution in [0.4, 0.5) is 4.79 Å². The van der Waals surface area contributed by atoms with E-state index in [1.807, 2.05) is 6.07 Å². The van der Waals surface area contributed by atoms with E-state index in [-0.39, 0.29) is 12.5 Å². The van der Waals surface area contributed by atoms with Crippen molar-refractivity contribution in [1.82, 2.24) is 0 Å². The van der Waals surface area contributed by atoms with Gasteiger partial charge in [-0.3, -0.25) is 0 Å². The molecular formula is C15H27NO2S. The van der Waals surface area contributed by atoms with Gasteiger partial charge >= 0.3 is 5.30 Å². The van der Waals surface area contributed by atoms with Crippen molar-refractivity contribution in [2.75, 3.05) is 0 Å². The minimum Gasteiger partial charge on any atom is -0.453 e. The molecule has 0 radical (unpaired) electrons. The smallest absolute Gasteiger partial charge is 0.364 e. The van der Waals surface area contributed by atoms with Crippen LogP contribution in [0.15, 0.2) is 0 Å². The number of carbonyl (C=O) groups is 1. The third-order valence-corrected chi connectivity index (χ3v) is 3.32. The van der Waals surface area contributed by atoms with Crippen molar-refractivity contribution in [1.29, 1.82) is 5.26 Å². The first kappa shape index (κ1) is 18.3. The van der Waals surface area contributed by atoms with Crippen LogP contribution in [-0.4, -0.2) is 11.4 Å². The lowest BCUT2D eigenvalue weighted by Gasteiger charge is -2.12. The summed E-state index contributed by atoms with van der Waals surface area (Å²) in [6, 6.07) is 2.04. The fraction of sp³-hybridized carbons (Fsp3) is 0.867. The van der Waals surface area contributed by atoms with Gasteiger partial charge in [0.2, 0.25) is 0 Å². The van der Waals surface area contributed by atoms with Crippen LogP contribution >= 0.6 is 12.6 Å². The molecule has 0 aliphatic heterocycles. The Kier molecular flexibility index (Phi) is 13.2. The molecule has 0 aliphatic rings. The van der Waals surface area contributed by atoms with Crippen LogP contribution in [0, 0.1) is 11.3 Å². The minimum atomic E-state index is -0.587. The molecule has 0 bridgehead atoms. The molecule has 0 aromatic carbocycles. The summed E-state index contributed by atoms with van der Waals surface area (Å²) in [5, 5.41) is 8.04. The second-order valence-corrected chi connectivity index (χ2v) is 5.35. The lowest BCUT2D eigenvalue weighted by atomic mass is 10.0. The van der Waals surface area contributed by atoms with Gasteiger partial charge in [0.25, 0.3) is 0 Å². The number of unbranched alkanes of at least 4 members (excludes halogenated alkanes) is 8. The summed E-state index contributed by atoms with van der Waals surface area (Å²) in [6.07, 6.45) is 12.1. The summed E-state index contributed by atoms with van der Waals surface area (Å²) in [6.45, 7) is 2.23. The molecular weight excluding hydrogens is 258 g/mol. The van der Waals surface area contributed by atoms with Gasteiger partial charge in [0.15, 0.2) is 0 Å². The van der Waals surface area contributed by atoms with E-state index in [2.05, 4.69) is 19.6 Å². The Balaban J connectivity index is 3.40. The number of hydrogen-bond acceptors (Lipinski definition) is 3. The summed E-state index contributed by atoms with van der Waals surface area (Å²) < 4.78 is 4.97. The number of ether oxygens (including phenoxy) is 1. The number of nitrogens with zero attached hydrogens (tertiary/aromatic N) is 1. The molecule has 0 saturated heterocycles. The molecule has 0 aromatic rings. The van der Waals surface area contributed by atoms with Crippen LogP contribution < -0.4 is 0 Å². The van der Waals surface area contributed by atoms with E-state index in [4.69, 9.17) is 10.00 Å². The van der Waals surface area contributed by atoms with Crippen LogP contribution in [-0.2, 0) is 4.74 Å². The molecule has 0 spiro atoms. The van der Waals surface area contributed by atoms with E-state index in [9.17, 15) is 4.79 Å². The van der Waals surface area contributed by atoms with E-state index in [1.165, 1.54) is 44.9 Å². The second kappa shape index (κ2) is 13.7. The molecule has 0 N–H and O–H groups in total. The first-order valence-corrected chi connectivity index (χ1v) is 7.92. The molecule has 0 aromatic heterocycles. The van der Waals surface area contributed by atoms with Gasteiger partial charge in [-0.2, -0.15) is 5.26 Å². The van der Waals surface area contributed by atoms with E-state index in [0.717, 1.165) is 19.3 Å². The summed E-state index contributed by atoms with van der Waals surface area (Å²) in [7, 11) is 0. The van der Waals surface area contributed by atoms with Gasteiger partial charge in [0, 0.05) is 0 Å². The van der Waals surface area contributed by atoms with E-state index >= 15 is 0 Å². The van der Waals surface area contributed by atoms with Gasteiger partial charge in [-0.25, -0.2) is 4.79 Å². The Bertz CT molecular complexity index is 263. The molecule has 0 aliphatic carbocycles. The molecule has 0 amide bonds. The molecule has 1 atom stereocenters. The molecule has 3 nitrogen and oxygen atoms in total. The highest BCUT2D eigenvalue weighted by atomic mass is 32.1. The van der Waals surface area contributed by atoms with E-state index in [1.54, 1.807) is 0 Å².